The van der Waals surface area contributed by atoms with Gasteiger partial charge in [-0.2, -0.15) is 5.21 Å². The Morgan fingerprint density at radius 2 is 2.21 bits per heavy atom. The molecule has 0 aromatic carbocycles. The fourth-order valence-corrected chi connectivity index (χ4v) is 1.34. The second kappa shape index (κ2) is 3.53. The summed E-state index contributed by atoms with van der Waals surface area (Å²) in [5.41, 5.74) is 1.94. The Morgan fingerprint density at radius 1 is 1.36 bits per heavy atom. The number of nitrogens with one attached hydrogen (secondary N) is 1. The fourth-order valence-electron chi connectivity index (χ4n) is 1.34. The third kappa shape index (κ3) is 1.48. The molecule has 0 radical (unpaired) electrons. The lowest BCUT2D eigenvalue weighted by molar-refractivity contribution is 0.823. The predicted octanol–water partition coefficient (Wildman–Crippen LogP) is 1.39. The van der Waals surface area contributed by atoms with Crippen molar-refractivity contribution in [1.29, 1.82) is 0 Å². The van der Waals surface area contributed by atoms with Crippen LogP contribution in [0.25, 0.3) is 11.4 Å². The molecule has 0 amide bonds. The lowest BCUT2D eigenvalue weighted by atomic mass is 10.0. The second-order valence-electron chi connectivity index (χ2n) is 3.33. The Kier molecular flexibility index (Phi) is 2.22. The molecular weight excluding hydrogens is 178 g/mol. The molecule has 2 rings (SSSR count). The van der Waals surface area contributed by atoms with Crippen molar-refractivity contribution in [2.45, 2.75) is 19.8 Å². The number of hydrogen-bond donors (Lipinski definition) is 1. The van der Waals surface area contributed by atoms with E-state index in [-0.39, 0.29) is 0 Å². The van der Waals surface area contributed by atoms with Crippen LogP contribution < -0.4 is 0 Å². The minimum absolute atomic E-state index is 0.352. The van der Waals surface area contributed by atoms with Gasteiger partial charge in [0, 0.05) is 11.8 Å². The first-order valence-electron chi connectivity index (χ1n) is 4.47. The quantitative estimate of drug-likeness (QED) is 0.775. The molecule has 14 heavy (non-hydrogen) atoms. The Labute approximate surface area is 81.6 Å². The zero-order valence-electron chi connectivity index (χ0n) is 8.10. The van der Waals surface area contributed by atoms with E-state index in [1.165, 1.54) is 0 Å². The van der Waals surface area contributed by atoms with Crippen LogP contribution >= 0.6 is 0 Å². The molecule has 2 heterocycles. The summed E-state index contributed by atoms with van der Waals surface area (Å²) >= 11 is 0. The smallest absolute Gasteiger partial charge is 0.206 e. The third-order valence-corrected chi connectivity index (χ3v) is 1.97. The number of aromatic nitrogens is 5. The summed E-state index contributed by atoms with van der Waals surface area (Å²) in [6.07, 6.45) is 1.78. The van der Waals surface area contributed by atoms with Gasteiger partial charge < -0.3 is 0 Å². The van der Waals surface area contributed by atoms with E-state index >= 15 is 0 Å². The average molecular weight is 189 g/mol. The maximum absolute atomic E-state index is 4.31. The van der Waals surface area contributed by atoms with E-state index in [0.717, 1.165) is 11.3 Å². The van der Waals surface area contributed by atoms with E-state index < -0.39 is 0 Å². The summed E-state index contributed by atoms with van der Waals surface area (Å²) < 4.78 is 0. The summed E-state index contributed by atoms with van der Waals surface area (Å²) in [5, 5.41) is 13.9. The highest BCUT2D eigenvalue weighted by molar-refractivity contribution is 5.57. The maximum atomic E-state index is 4.31. The van der Waals surface area contributed by atoms with Crippen molar-refractivity contribution in [2.75, 3.05) is 0 Å². The van der Waals surface area contributed by atoms with E-state index in [9.17, 15) is 0 Å². The number of aromatic amines is 1. The molecule has 72 valence electrons. The Hall–Kier alpha value is -1.78. The average Bonchev–Trinajstić information content (AvgIpc) is 2.70. The third-order valence-electron chi connectivity index (χ3n) is 1.97. The van der Waals surface area contributed by atoms with Crippen LogP contribution in [0.3, 0.4) is 0 Å². The molecule has 5 heteroatoms. The molecule has 0 aliphatic rings. The highest BCUT2D eigenvalue weighted by Gasteiger charge is 2.12. The van der Waals surface area contributed by atoms with Crippen LogP contribution in [0, 0.1) is 0 Å². The maximum Gasteiger partial charge on any atom is 0.206 e. The molecule has 0 aliphatic carbocycles. The largest absolute Gasteiger partial charge is 0.260 e. The van der Waals surface area contributed by atoms with Crippen LogP contribution in [0.1, 0.15) is 25.5 Å². The van der Waals surface area contributed by atoms with Gasteiger partial charge in [0.25, 0.3) is 0 Å². The van der Waals surface area contributed by atoms with Crippen molar-refractivity contribution in [3.8, 4) is 11.4 Å². The van der Waals surface area contributed by atoms with Crippen LogP contribution in [0.5, 0.6) is 0 Å². The molecule has 0 unspecified atom stereocenters. The van der Waals surface area contributed by atoms with Crippen molar-refractivity contribution < 1.29 is 0 Å². The van der Waals surface area contributed by atoms with E-state index in [2.05, 4.69) is 39.5 Å². The zero-order valence-corrected chi connectivity index (χ0v) is 8.10. The highest BCUT2D eigenvalue weighted by atomic mass is 15.5. The Bertz CT molecular complexity index is 407. The van der Waals surface area contributed by atoms with Gasteiger partial charge in [0.2, 0.25) is 5.82 Å². The van der Waals surface area contributed by atoms with Crippen molar-refractivity contribution >= 4 is 0 Å². The molecule has 0 atom stereocenters. The number of pyridine rings is 1. The first-order valence-corrected chi connectivity index (χ1v) is 4.47. The molecule has 2 aromatic rings. The molecule has 5 nitrogen and oxygen atoms in total. The van der Waals surface area contributed by atoms with Crippen LogP contribution in [-0.2, 0) is 0 Å². The van der Waals surface area contributed by atoms with Crippen LogP contribution in [0.15, 0.2) is 18.3 Å². The van der Waals surface area contributed by atoms with Crippen molar-refractivity contribution in [3.63, 3.8) is 0 Å². The topological polar surface area (TPSA) is 67.3 Å². The van der Waals surface area contributed by atoms with E-state index in [1.54, 1.807) is 6.20 Å². The number of tetrazole rings is 1. The van der Waals surface area contributed by atoms with Crippen molar-refractivity contribution in [2.24, 2.45) is 0 Å². The summed E-state index contributed by atoms with van der Waals surface area (Å²) in [7, 11) is 0. The standard InChI is InChI=1S/C9H11N5/c1-6(2)8-7(4-3-5-10-8)9-11-13-14-12-9/h3-6H,1-2H3,(H,11,12,13,14). The lowest BCUT2D eigenvalue weighted by Crippen LogP contribution is -1.96. The normalized spacial score (nSPS) is 10.8. The first kappa shape index (κ1) is 8.80. The van der Waals surface area contributed by atoms with Gasteiger partial charge in [0.15, 0.2) is 0 Å². The zero-order chi connectivity index (χ0) is 9.97. The number of rotatable bonds is 2. The lowest BCUT2D eigenvalue weighted by Gasteiger charge is -2.07. The fraction of sp³-hybridized carbons (Fsp3) is 0.333. The Morgan fingerprint density at radius 3 is 2.86 bits per heavy atom. The molecule has 0 saturated carbocycles. The summed E-state index contributed by atoms with van der Waals surface area (Å²) in [4.78, 5) is 4.31. The number of nitrogens with zero attached hydrogens (tertiary/aromatic N) is 4. The predicted molar refractivity (Wildman–Crippen MR) is 51.5 cm³/mol. The number of H-pyrrole nitrogens is 1. The molecule has 0 fully saturated rings. The molecule has 1 N–H and O–H groups in total. The first-order chi connectivity index (χ1) is 6.79. The second-order valence-corrected chi connectivity index (χ2v) is 3.33. The molecule has 2 aromatic heterocycles. The summed E-state index contributed by atoms with van der Waals surface area (Å²) in [6, 6.07) is 3.82. The molecule has 0 bridgehead atoms. The van der Waals surface area contributed by atoms with Crippen LogP contribution in [0.2, 0.25) is 0 Å². The van der Waals surface area contributed by atoms with E-state index in [0.29, 0.717) is 11.7 Å². The monoisotopic (exact) mass is 189 g/mol. The van der Waals surface area contributed by atoms with Gasteiger partial charge in [-0.1, -0.05) is 13.8 Å². The molecule has 0 spiro atoms. The molecular formula is C9H11N5. The van der Waals surface area contributed by atoms with Gasteiger partial charge in [0.1, 0.15) is 0 Å². The molecule has 0 saturated heterocycles. The highest BCUT2D eigenvalue weighted by Crippen LogP contribution is 2.23. The van der Waals surface area contributed by atoms with Gasteiger partial charge in [-0.05, 0) is 23.3 Å². The minimum Gasteiger partial charge on any atom is -0.260 e. The SMILES string of the molecule is CC(C)c1ncccc1-c1nn[nH]n1. The van der Waals surface area contributed by atoms with Crippen molar-refractivity contribution in [1.82, 2.24) is 25.6 Å². The van der Waals surface area contributed by atoms with Gasteiger partial charge in [-0.25, -0.2) is 0 Å². The van der Waals surface area contributed by atoms with Gasteiger partial charge in [0.05, 0.1) is 5.69 Å². The van der Waals surface area contributed by atoms with Crippen molar-refractivity contribution in [3.05, 3.63) is 24.0 Å². The molecule has 0 aliphatic heterocycles. The van der Waals surface area contributed by atoms with Crippen LogP contribution in [0.4, 0.5) is 0 Å². The summed E-state index contributed by atoms with van der Waals surface area (Å²) in [5.74, 6) is 0.950. The minimum atomic E-state index is 0.352. The van der Waals surface area contributed by atoms with E-state index in [1.807, 2.05) is 12.1 Å². The van der Waals surface area contributed by atoms with Crippen LogP contribution in [-0.4, -0.2) is 25.6 Å². The van der Waals surface area contributed by atoms with Gasteiger partial charge in [-0.3, -0.25) is 4.98 Å². The van der Waals surface area contributed by atoms with Gasteiger partial charge in [-0.15, -0.1) is 10.2 Å². The summed E-state index contributed by atoms with van der Waals surface area (Å²) in [6.45, 7) is 4.18. The Balaban J connectivity index is 2.53. The van der Waals surface area contributed by atoms with Gasteiger partial charge >= 0.3 is 0 Å². The number of hydrogen-bond acceptors (Lipinski definition) is 4. The van der Waals surface area contributed by atoms with E-state index in [4.69, 9.17) is 0 Å².